The molecule has 0 saturated carbocycles. The standard InChI is InChI=1S/C24H18N4OS/c1-30-24-21(16-25)23(29)26-22(27-24)17-12-14-20(15-13-17)28(18-8-4-2-5-9-18)19-10-6-3-7-11-19/h2-15H,1H3,(H,26,27,29). The van der Waals surface area contributed by atoms with Crippen LogP contribution in [0.5, 0.6) is 0 Å². The van der Waals surface area contributed by atoms with Gasteiger partial charge in [-0.2, -0.15) is 5.26 Å². The fourth-order valence-corrected chi connectivity index (χ4v) is 3.73. The van der Waals surface area contributed by atoms with E-state index in [1.54, 1.807) is 6.26 Å². The fourth-order valence-electron chi connectivity index (χ4n) is 3.21. The number of aromatic nitrogens is 2. The van der Waals surface area contributed by atoms with Crippen LogP contribution >= 0.6 is 11.8 Å². The summed E-state index contributed by atoms with van der Waals surface area (Å²) in [4.78, 5) is 21.6. The van der Waals surface area contributed by atoms with Gasteiger partial charge in [0.1, 0.15) is 22.5 Å². The minimum absolute atomic E-state index is 0.0437. The summed E-state index contributed by atoms with van der Waals surface area (Å²) in [6, 6.07) is 30.0. The molecule has 6 heteroatoms. The summed E-state index contributed by atoms with van der Waals surface area (Å²) >= 11 is 1.28. The first-order valence-corrected chi connectivity index (χ1v) is 10.5. The summed E-state index contributed by atoms with van der Waals surface area (Å²) in [6.07, 6.45) is 1.80. The van der Waals surface area contributed by atoms with E-state index < -0.39 is 5.56 Å². The Morgan fingerprint density at radius 3 is 1.90 bits per heavy atom. The molecule has 0 spiro atoms. The second-order valence-electron chi connectivity index (χ2n) is 6.46. The number of nitrogens with one attached hydrogen (secondary N) is 1. The second kappa shape index (κ2) is 8.68. The van der Waals surface area contributed by atoms with Gasteiger partial charge >= 0.3 is 0 Å². The number of nitriles is 1. The van der Waals surface area contributed by atoms with Crippen molar-refractivity contribution >= 4 is 28.8 Å². The van der Waals surface area contributed by atoms with Crippen molar-refractivity contribution in [2.45, 2.75) is 5.03 Å². The third-order valence-corrected chi connectivity index (χ3v) is 5.30. The minimum atomic E-state index is -0.425. The van der Waals surface area contributed by atoms with Gasteiger partial charge in [0.05, 0.1) is 0 Å². The van der Waals surface area contributed by atoms with E-state index in [1.807, 2.05) is 66.7 Å². The van der Waals surface area contributed by atoms with Crippen LogP contribution in [0.3, 0.4) is 0 Å². The first-order valence-electron chi connectivity index (χ1n) is 9.30. The average Bonchev–Trinajstić information content (AvgIpc) is 2.80. The van der Waals surface area contributed by atoms with Crippen molar-refractivity contribution in [1.82, 2.24) is 9.97 Å². The Labute approximate surface area is 178 Å². The van der Waals surface area contributed by atoms with Crippen LogP contribution in [0.4, 0.5) is 17.1 Å². The maximum absolute atomic E-state index is 12.2. The van der Waals surface area contributed by atoms with Crippen molar-refractivity contribution in [2.24, 2.45) is 0 Å². The largest absolute Gasteiger partial charge is 0.311 e. The lowest BCUT2D eigenvalue weighted by molar-refractivity contribution is 1.01. The van der Waals surface area contributed by atoms with E-state index in [1.165, 1.54) is 11.8 Å². The molecule has 0 amide bonds. The van der Waals surface area contributed by atoms with Gasteiger partial charge in [0, 0.05) is 22.6 Å². The number of hydrogen-bond acceptors (Lipinski definition) is 5. The Hall–Kier alpha value is -3.82. The molecule has 4 rings (SSSR count). The van der Waals surface area contributed by atoms with Gasteiger partial charge < -0.3 is 9.88 Å². The van der Waals surface area contributed by atoms with Gasteiger partial charge in [0.25, 0.3) is 5.56 Å². The van der Waals surface area contributed by atoms with Crippen molar-refractivity contribution in [3.05, 3.63) is 101 Å². The highest BCUT2D eigenvalue weighted by Crippen LogP contribution is 2.34. The van der Waals surface area contributed by atoms with Crippen molar-refractivity contribution in [2.75, 3.05) is 11.2 Å². The number of rotatable bonds is 5. The second-order valence-corrected chi connectivity index (χ2v) is 7.26. The molecule has 0 radical (unpaired) electrons. The van der Waals surface area contributed by atoms with Crippen LogP contribution in [0.15, 0.2) is 94.7 Å². The third-order valence-electron chi connectivity index (χ3n) is 4.62. The van der Waals surface area contributed by atoms with Crippen LogP contribution in [0.2, 0.25) is 0 Å². The van der Waals surface area contributed by atoms with Gasteiger partial charge in [-0.1, -0.05) is 36.4 Å². The van der Waals surface area contributed by atoms with E-state index >= 15 is 0 Å². The molecule has 30 heavy (non-hydrogen) atoms. The Balaban J connectivity index is 1.76. The zero-order valence-corrected chi connectivity index (χ0v) is 17.1. The lowest BCUT2D eigenvalue weighted by Crippen LogP contribution is -2.14. The topological polar surface area (TPSA) is 72.8 Å². The van der Waals surface area contributed by atoms with E-state index in [2.05, 4.69) is 39.1 Å². The molecule has 0 aliphatic carbocycles. The number of H-pyrrole nitrogens is 1. The van der Waals surface area contributed by atoms with Crippen LogP contribution in [0.25, 0.3) is 11.4 Å². The molecular weight excluding hydrogens is 392 g/mol. The number of aromatic amines is 1. The molecular formula is C24H18N4OS. The lowest BCUT2D eigenvalue weighted by atomic mass is 10.1. The summed E-state index contributed by atoms with van der Waals surface area (Å²) in [5.74, 6) is 0.445. The quantitative estimate of drug-likeness (QED) is 0.347. The number of nitrogens with zero attached hydrogens (tertiary/aromatic N) is 3. The van der Waals surface area contributed by atoms with Crippen molar-refractivity contribution in [3.8, 4) is 17.5 Å². The van der Waals surface area contributed by atoms with Gasteiger partial charge in [-0.3, -0.25) is 4.79 Å². The van der Waals surface area contributed by atoms with Crippen LogP contribution in [-0.4, -0.2) is 16.2 Å². The molecule has 0 bridgehead atoms. The molecule has 146 valence electrons. The first-order chi connectivity index (χ1) is 14.7. The van der Waals surface area contributed by atoms with Crippen molar-refractivity contribution in [3.63, 3.8) is 0 Å². The van der Waals surface area contributed by atoms with Gasteiger partial charge in [0.15, 0.2) is 0 Å². The predicted molar refractivity (Wildman–Crippen MR) is 121 cm³/mol. The maximum atomic E-state index is 12.2. The number of anilines is 3. The van der Waals surface area contributed by atoms with Crippen LogP contribution in [0.1, 0.15) is 5.56 Å². The van der Waals surface area contributed by atoms with Gasteiger partial charge in [-0.25, -0.2) is 4.98 Å². The summed E-state index contributed by atoms with van der Waals surface area (Å²) in [6.45, 7) is 0. The predicted octanol–water partition coefficient (Wildman–Crippen LogP) is 5.50. The number of hydrogen-bond donors (Lipinski definition) is 1. The first kappa shape index (κ1) is 19.5. The Bertz CT molecular complexity index is 1210. The summed E-state index contributed by atoms with van der Waals surface area (Å²) in [7, 11) is 0. The summed E-state index contributed by atoms with van der Waals surface area (Å²) in [5, 5.41) is 9.60. The van der Waals surface area contributed by atoms with Gasteiger partial charge in [-0.15, -0.1) is 11.8 Å². The van der Waals surface area contributed by atoms with Gasteiger partial charge in [-0.05, 0) is 54.8 Å². The fraction of sp³-hybridized carbons (Fsp3) is 0.0417. The maximum Gasteiger partial charge on any atom is 0.270 e. The highest BCUT2D eigenvalue weighted by molar-refractivity contribution is 7.98. The Morgan fingerprint density at radius 2 is 1.40 bits per heavy atom. The summed E-state index contributed by atoms with van der Waals surface area (Å²) in [5.41, 5.74) is 3.47. The van der Waals surface area contributed by atoms with Crippen molar-refractivity contribution in [1.29, 1.82) is 5.26 Å². The van der Waals surface area contributed by atoms with E-state index in [9.17, 15) is 10.1 Å². The molecule has 0 fully saturated rings. The van der Waals surface area contributed by atoms with Crippen LogP contribution < -0.4 is 10.5 Å². The van der Waals surface area contributed by atoms with E-state index in [0.717, 1.165) is 22.6 Å². The third kappa shape index (κ3) is 3.84. The Kier molecular flexibility index (Phi) is 5.64. The SMILES string of the molecule is CSc1nc(-c2ccc(N(c3ccccc3)c3ccccc3)cc2)[nH]c(=O)c1C#N. The Morgan fingerprint density at radius 1 is 0.867 bits per heavy atom. The normalized spacial score (nSPS) is 10.4. The molecule has 0 unspecified atom stereocenters. The number of thioether (sulfide) groups is 1. The zero-order valence-electron chi connectivity index (χ0n) is 16.2. The highest BCUT2D eigenvalue weighted by atomic mass is 32.2. The molecule has 3 aromatic carbocycles. The monoisotopic (exact) mass is 410 g/mol. The van der Waals surface area contributed by atoms with E-state index in [4.69, 9.17) is 0 Å². The molecule has 1 heterocycles. The molecule has 5 nitrogen and oxygen atoms in total. The molecule has 0 aliphatic rings. The highest BCUT2D eigenvalue weighted by Gasteiger charge is 2.14. The molecule has 0 saturated heterocycles. The van der Waals surface area contributed by atoms with Gasteiger partial charge in [0.2, 0.25) is 0 Å². The lowest BCUT2D eigenvalue weighted by Gasteiger charge is -2.25. The average molecular weight is 411 g/mol. The van der Waals surface area contributed by atoms with Crippen LogP contribution in [-0.2, 0) is 0 Å². The molecule has 4 aromatic rings. The molecule has 1 aromatic heterocycles. The number of para-hydroxylation sites is 2. The summed E-state index contributed by atoms with van der Waals surface area (Å²) < 4.78 is 0. The van der Waals surface area contributed by atoms with E-state index in [-0.39, 0.29) is 5.56 Å². The molecule has 0 atom stereocenters. The number of benzene rings is 3. The van der Waals surface area contributed by atoms with Crippen molar-refractivity contribution < 1.29 is 0 Å². The molecule has 1 N–H and O–H groups in total. The van der Waals surface area contributed by atoms with E-state index in [0.29, 0.717) is 10.9 Å². The minimum Gasteiger partial charge on any atom is -0.311 e. The van der Waals surface area contributed by atoms with Crippen LogP contribution in [0, 0.1) is 11.3 Å². The molecule has 0 aliphatic heterocycles. The smallest absolute Gasteiger partial charge is 0.270 e. The zero-order chi connectivity index (χ0) is 20.9.